The van der Waals surface area contributed by atoms with Crippen LogP contribution in [0.25, 0.3) is 0 Å². The van der Waals surface area contributed by atoms with Crippen LogP contribution in [-0.2, 0) is 25.6 Å². The van der Waals surface area contributed by atoms with Crippen LogP contribution in [0.2, 0.25) is 0 Å². The third-order valence-corrected chi connectivity index (χ3v) is 9.24. The lowest BCUT2D eigenvalue weighted by Crippen LogP contribution is -2.52. The molecule has 254 valence electrons. The van der Waals surface area contributed by atoms with E-state index in [0.717, 1.165) is 49.7 Å². The van der Waals surface area contributed by atoms with Crippen molar-refractivity contribution < 1.29 is 33.6 Å². The maximum atomic E-state index is 13.5. The van der Waals surface area contributed by atoms with Gasteiger partial charge in [-0.15, -0.1) is 0 Å². The van der Waals surface area contributed by atoms with E-state index in [1.165, 1.54) is 6.42 Å². The minimum Gasteiger partial charge on any atom is -0.497 e. The molecular weight excluding hydrogens is 586 g/mol. The van der Waals surface area contributed by atoms with Gasteiger partial charge < -0.3 is 39.6 Å². The molecule has 2 aliphatic rings. The molecule has 0 aromatic heterocycles. The highest BCUT2D eigenvalue weighted by atomic mass is 16.5. The van der Waals surface area contributed by atoms with Gasteiger partial charge in [-0.3, -0.25) is 9.59 Å². The minimum atomic E-state index is -0.861. The molecule has 1 aliphatic carbocycles. The number of aliphatic hydroxyl groups excluding tert-OH is 1. The first kappa shape index (κ1) is 35.7. The highest BCUT2D eigenvalue weighted by molar-refractivity contribution is 6.35. The number of amides is 2. The monoisotopic (exact) mass is 639 g/mol. The van der Waals surface area contributed by atoms with Crippen molar-refractivity contribution in [3.8, 4) is 11.5 Å². The number of nitrogens with zero attached hydrogens (tertiary/aromatic N) is 1. The predicted octanol–water partition coefficient (Wildman–Crippen LogP) is 4.25. The molecule has 2 fully saturated rings. The first-order valence-corrected chi connectivity index (χ1v) is 16.8. The van der Waals surface area contributed by atoms with E-state index < -0.39 is 24.0 Å². The molecule has 1 saturated carbocycles. The minimum absolute atomic E-state index is 0.0738. The number of carbonyl (C=O) groups is 2. The summed E-state index contributed by atoms with van der Waals surface area (Å²) in [5.74, 6) is 0.652. The topological polar surface area (TPSA) is 119 Å². The lowest BCUT2D eigenvalue weighted by Gasteiger charge is -2.30. The maximum absolute atomic E-state index is 13.5. The van der Waals surface area contributed by atoms with Gasteiger partial charge in [0.15, 0.2) is 0 Å². The second-order valence-electron chi connectivity index (χ2n) is 12.6. The summed E-state index contributed by atoms with van der Waals surface area (Å²) in [6, 6.07) is 15.2. The number of aliphatic hydroxyl groups is 1. The SMILES string of the molecule is COCCCOC(c1ccccc1)C1CCN(C(=O)C(=O)N[C@@H](CC2CCCCC2)[C@@H](O)CNCc2cc(OC)cc(OC)c2)C1. The Bertz CT molecular complexity index is 1190. The van der Waals surface area contributed by atoms with Crippen molar-refractivity contribution in [3.05, 3.63) is 59.7 Å². The Balaban J connectivity index is 1.36. The largest absolute Gasteiger partial charge is 0.497 e. The Hall–Kier alpha value is -3.18. The number of carbonyl (C=O) groups excluding carboxylic acids is 2. The van der Waals surface area contributed by atoms with Crippen LogP contribution in [0.15, 0.2) is 48.5 Å². The van der Waals surface area contributed by atoms with Crippen molar-refractivity contribution >= 4 is 11.8 Å². The van der Waals surface area contributed by atoms with Crippen LogP contribution in [0.4, 0.5) is 0 Å². The standard InChI is InChI=1S/C36H53N3O7/c1-43-17-10-18-46-34(28-13-8-5-9-14-28)29-15-16-39(25-29)36(42)35(41)38-32(21-26-11-6-4-7-12-26)33(40)24-37-23-27-19-30(44-2)22-31(20-27)45-3/h5,8-9,13-14,19-20,22,26,29,32-34,37,40H,4,6-7,10-12,15-18,21,23-25H2,1-3H3,(H,38,41)/t29?,32-,33-,34?/m0/s1. The Kier molecular flexibility index (Phi) is 14.6. The van der Waals surface area contributed by atoms with Gasteiger partial charge in [0.1, 0.15) is 11.5 Å². The van der Waals surface area contributed by atoms with E-state index in [2.05, 4.69) is 10.6 Å². The van der Waals surface area contributed by atoms with Crippen LogP contribution in [0.5, 0.6) is 11.5 Å². The Labute approximate surface area is 274 Å². The van der Waals surface area contributed by atoms with Crippen LogP contribution in [0.3, 0.4) is 0 Å². The zero-order valence-electron chi connectivity index (χ0n) is 27.7. The van der Waals surface area contributed by atoms with Gasteiger partial charge in [-0.25, -0.2) is 0 Å². The molecule has 3 N–H and O–H groups in total. The Morgan fingerprint density at radius 3 is 2.35 bits per heavy atom. The molecule has 2 amide bonds. The molecule has 2 aromatic rings. The number of likely N-dealkylation sites (tertiary alicyclic amines) is 1. The quantitative estimate of drug-likeness (QED) is 0.174. The predicted molar refractivity (Wildman–Crippen MR) is 177 cm³/mol. The van der Waals surface area contributed by atoms with Gasteiger partial charge in [-0.2, -0.15) is 0 Å². The van der Waals surface area contributed by atoms with Gasteiger partial charge in [-0.05, 0) is 48.4 Å². The van der Waals surface area contributed by atoms with E-state index in [9.17, 15) is 14.7 Å². The van der Waals surface area contributed by atoms with Crippen molar-refractivity contribution in [2.45, 2.75) is 76.2 Å². The summed E-state index contributed by atoms with van der Waals surface area (Å²) in [5, 5.41) is 17.6. The molecule has 0 bridgehead atoms. The van der Waals surface area contributed by atoms with Crippen LogP contribution < -0.4 is 20.1 Å². The van der Waals surface area contributed by atoms with E-state index in [-0.39, 0.29) is 18.6 Å². The number of benzene rings is 2. The van der Waals surface area contributed by atoms with Crippen molar-refractivity contribution in [3.63, 3.8) is 0 Å². The third-order valence-electron chi connectivity index (χ3n) is 9.24. The highest BCUT2D eigenvalue weighted by Gasteiger charge is 2.37. The fourth-order valence-electron chi connectivity index (χ4n) is 6.72. The summed E-state index contributed by atoms with van der Waals surface area (Å²) in [6.45, 7) is 2.85. The lowest BCUT2D eigenvalue weighted by molar-refractivity contribution is -0.146. The summed E-state index contributed by atoms with van der Waals surface area (Å²) < 4.78 is 22.2. The molecule has 0 radical (unpaired) electrons. The van der Waals surface area contributed by atoms with Gasteiger partial charge in [0.25, 0.3) is 0 Å². The fraction of sp³-hybridized carbons (Fsp3) is 0.611. The number of rotatable bonds is 17. The summed E-state index contributed by atoms with van der Waals surface area (Å²) >= 11 is 0. The molecule has 1 aliphatic heterocycles. The lowest BCUT2D eigenvalue weighted by atomic mass is 9.83. The van der Waals surface area contributed by atoms with Gasteiger partial charge in [0.2, 0.25) is 0 Å². The van der Waals surface area contributed by atoms with E-state index in [1.807, 2.05) is 48.5 Å². The van der Waals surface area contributed by atoms with E-state index in [4.69, 9.17) is 18.9 Å². The van der Waals surface area contributed by atoms with Crippen molar-refractivity contribution in [1.29, 1.82) is 0 Å². The second kappa shape index (κ2) is 18.8. The fourth-order valence-corrected chi connectivity index (χ4v) is 6.72. The first-order valence-electron chi connectivity index (χ1n) is 16.8. The summed E-state index contributed by atoms with van der Waals surface area (Å²) in [4.78, 5) is 28.5. The highest BCUT2D eigenvalue weighted by Crippen LogP contribution is 2.34. The Morgan fingerprint density at radius 1 is 0.957 bits per heavy atom. The summed E-state index contributed by atoms with van der Waals surface area (Å²) in [5.41, 5.74) is 2.02. The molecule has 1 heterocycles. The van der Waals surface area contributed by atoms with Gasteiger partial charge >= 0.3 is 11.8 Å². The number of hydrogen-bond donors (Lipinski definition) is 3. The molecule has 4 atom stereocenters. The summed E-state index contributed by atoms with van der Waals surface area (Å²) in [7, 11) is 4.89. The smallest absolute Gasteiger partial charge is 0.311 e. The molecular formula is C36H53N3O7. The zero-order chi connectivity index (χ0) is 32.7. The van der Waals surface area contributed by atoms with Gasteiger partial charge in [0.05, 0.1) is 32.5 Å². The number of ether oxygens (including phenoxy) is 4. The number of methoxy groups -OCH3 is 3. The first-order chi connectivity index (χ1) is 22.4. The van der Waals surface area contributed by atoms with Gasteiger partial charge in [0, 0.05) is 58.5 Å². The molecule has 46 heavy (non-hydrogen) atoms. The third kappa shape index (κ3) is 10.7. The van der Waals surface area contributed by atoms with E-state index in [1.54, 1.807) is 26.2 Å². The normalized spacial score (nSPS) is 19.0. The number of nitrogens with one attached hydrogen (secondary N) is 2. The van der Waals surface area contributed by atoms with Crippen molar-refractivity contribution in [2.75, 3.05) is 54.2 Å². The maximum Gasteiger partial charge on any atom is 0.311 e. The van der Waals surface area contributed by atoms with Gasteiger partial charge in [-0.1, -0.05) is 62.4 Å². The van der Waals surface area contributed by atoms with Crippen LogP contribution in [0.1, 0.15) is 68.6 Å². The zero-order valence-corrected chi connectivity index (χ0v) is 27.7. The molecule has 2 aromatic carbocycles. The molecule has 0 spiro atoms. The second-order valence-corrected chi connectivity index (χ2v) is 12.6. The van der Waals surface area contributed by atoms with Crippen molar-refractivity contribution in [2.24, 2.45) is 11.8 Å². The Morgan fingerprint density at radius 2 is 1.67 bits per heavy atom. The molecule has 2 unspecified atom stereocenters. The number of hydrogen-bond acceptors (Lipinski definition) is 8. The summed E-state index contributed by atoms with van der Waals surface area (Å²) in [6.07, 6.45) is 6.81. The van der Waals surface area contributed by atoms with Crippen molar-refractivity contribution in [1.82, 2.24) is 15.5 Å². The molecule has 10 heteroatoms. The average molecular weight is 640 g/mol. The molecule has 1 saturated heterocycles. The molecule has 4 rings (SSSR count). The van der Waals surface area contributed by atoms with Crippen LogP contribution >= 0.6 is 0 Å². The average Bonchev–Trinajstić information content (AvgIpc) is 3.58. The van der Waals surface area contributed by atoms with E-state index in [0.29, 0.717) is 56.7 Å². The molecule has 10 nitrogen and oxygen atoms in total. The van der Waals surface area contributed by atoms with E-state index >= 15 is 0 Å². The van der Waals surface area contributed by atoms with Crippen LogP contribution in [-0.4, -0.2) is 88.1 Å². The van der Waals surface area contributed by atoms with Crippen LogP contribution in [0, 0.1) is 11.8 Å².